The van der Waals surface area contributed by atoms with Crippen LogP contribution in [0.1, 0.15) is 13.8 Å². The van der Waals surface area contributed by atoms with Gasteiger partial charge in [0.15, 0.2) is 0 Å². The summed E-state index contributed by atoms with van der Waals surface area (Å²) >= 11 is 0. The maximum Gasteiger partial charge on any atom is 0.427 e. The Morgan fingerprint density at radius 1 is 1.05 bits per heavy atom. The predicted octanol–water partition coefficient (Wildman–Crippen LogP) is 4.00. The normalized spacial score (nSPS) is 16.4. The van der Waals surface area contributed by atoms with Crippen LogP contribution in [0.3, 0.4) is 0 Å². The quantitative estimate of drug-likeness (QED) is 0.387. The minimum atomic E-state index is -4.91. The molecule has 3 rings (SSSR count). The first-order chi connectivity index (χ1) is 19.5. The Hall–Kier alpha value is -3.36. The lowest BCUT2D eigenvalue weighted by atomic mass is 10.1. The van der Waals surface area contributed by atoms with Gasteiger partial charge in [0.25, 0.3) is 20.2 Å². The molecule has 0 unspecified atom stereocenters. The topological polar surface area (TPSA) is 134 Å². The van der Waals surface area contributed by atoms with Crippen molar-refractivity contribution in [2.24, 2.45) is 0 Å². The third-order valence-electron chi connectivity index (χ3n) is 5.87. The summed E-state index contributed by atoms with van der Waals surface area (Å²) in [5, 5.41) is 2.05. The number of hydrogen-bond donors (Lipinski definition) is 2. The lowest BCUT2D eigenvalue weighted by Crippen LogP contribution is -2.51. The zero-order chi connectivity index (χ0) is 32.6. The molecule has 2 aromatic rings. The van der Waals surface area contributed by atoms with E-state index in [9.17, 15) is 52.4 Å². The van der Waals surface area contributed by atoms with Crippen molar-refractivity contribution in [2.45, 2.75) is 42.8 Å². The van der Waals surface area contributed by atoms with Gasteiger partial charge in [0.05, 0.1) is 23.7 Å². The van der Waals surface area contributed by atoms with Crippen LogP contribution in [0.25, 0.3) is 0 Å². The van der Waals surface area contributed by atoms with Crippen LogP contribution in [0.4, 0.5) is 46.9 Å². The number of carbonyl (C=O) groups is 1. The Bertz CT molecular complexity index is 1550. The summed E-state index contributed by atoms with van der Waals surface area (Å²) in [4.78, 5) is 11.8. The molecule has 2 aromatic carbocycles. The number of fused-ring (bicyclic) bond motifs is 1. The lowest BCUT2D eigenvalue weighted by molar-refractivity contribution is -0.242. The molecule has 0 bridgehead atoms. The molecule has 0 aliphatic carbocycles. The molecule has 11 nitrogen and oxygen atoms in total. The molecule has 1 amide bonds. The van der Waals surface area contributed by atoms with Crippen molar-refractivity contribution in [3.63, 3.8) is 0 Å². The van der Waals surface area contributed by atoms with Gasteiger partial charge in [-0.2, -0.15) is 43.8 Å². The van der Waals surface area contributed by atoms with E-state index in [4.69, 9.17) is 4.74 Å². The van der Waals surface area contributed by atoms with E-state index in [1.165, 1.54) is 0 Å². The van der Waals surface area contributed by atoms with Gasteiger partial charge in [0, 0.05) is 12.7 Å². The van der Waals surface area contributed by atoms with Gasteiger partial charge in [0.1, 0.15) is 24.2 Å². The first-order valence-corrected chi connectivity index (χ1v) is 14.8. The highest BCUT2D eigenvalue weighted by molar-refractivity contribution is 7.92. The molecule has 0 fully saturated rings. The molecule has 0 spiro atoms. The number of amides is 1. The number of rotatable bonds is 9. The second kappa shape index (κ2) is 12.0. The Morgan fingerprint density at radius 3 is 2.21 bits per heavy atom. The zero-order valence-corrected chi connectivity index (χ0v) is 24.1. The van der Waals surface area contributed by atoms with Crippen molar-refractivity contribution in [2.75, 3.05) is 36.3 Å². The predicted molar refractivity (Wildman–Crippen MR) is 138 cm³/mol. The summed E-state index contributed by atoms with van der Waals surface area (Å²) in [6.45, 7) is -1.91. The molecule has 1 aliphatic rings. The first-order valence-electron chi connectivity index (χ1n) is 12.0. The van der Waals surface area contributed by atoms with E-state index < -0.39 is 80.7 Å². The summed E-state index contributed by atoms with van der Waals surface area (Å²) < 4.78 is 155. The molecular weight excluding hydrogens is 641 g/mol. The average Bonchev–Trinajstić information content (AvgIpc) is 2.85. The second-order valence-corrected chi connectivity index (χ2v) is 13.4. The molecule has 0 saturated heterocycles. The number of alkyl halides is 6. The molecule has 2 N–H and O–H groups in total. The number of nitrogens with one attached hydrogen (secondary N) is 2. The molecular formula is C23H25F7N4O7S2. The van der Waals surface area contributed by atoms with E-state index in [0.717, 1.165) is 42.5 Å². The molecule has 0 radical (unpaired) electrons. The van der Waals surface area contributed by atoms with Crippen LogP contribution in [-0.4, -0.2) is 78.0 Å². The van der Waals surface area contributed by atoms with Gasteiger partial charge < -0.3 is 9.47 Å². The number of carbonyl (C=O) groups excluding carboxylic acids is 1. The number of nitrogens with zero attached hydrogens (tertiary/aromatic N) is 2. The van der Waals surface area contributed by atoms with E-state index in [1.807, 2.05) is 10.0 Å². The minimum absolute atomic E-state index is 0.00605. The highest BCUT2D eigenvalue weighted by Gasteiger charge is 2.51. The standard InChI is InChI=1S/C23H25F7N4O7S2/c1-21(2,23(28,29)30)41-20(35)32-15-6-9-19-18(10-15)34(42(36,37)17-7-4-14(24)5-8-17)12-16(40-19)11-31-43(38,39)33(3)13-22(25,26)27/h4-10,16,31H,11-13H2,1-3H3,(H,32,35)/t16-/m0/s1. The summed E-state index contributed by atoms with van der Waals surface area (Å²) in [5.41, 5.74) is -3.36. The first kappa shape index (κ1) is 34.1. The lowest BCUT2D eigenvalue weighted by Gasteiger charge is -2.36. The fourth-order valence-electron chi connectivity index (χ4n) is 3.54. The Morgan fingerprint density at radius 2 is 1.65 bits per heavy atom. The van der Waals surface area contributed by atoms with E-state index in [-0.39, 0.29) is 21.4 Å². The number of benzene rings is 2. The van der Waals surface area contributed by atoms with Crippen LogP contribution >= 0.6 is 0 Å². The maximum atomic E-state index is 13.5. The number of hydrogen-bond acceptors (Lipinski definition) is 7. The molecule has 0 saturated carbocycles. The summed E-state index contributed by atoms with van der Waals surface area (Å²) in [6.07, 6.45) is -12.6. The molecule has 1 heterocycles. The molecule has 1 atom stereocenters. The van der Waals surface area contributed by atoms with Gasteiger partial charge in [-0.25, -0.2) is 17.6 Å². The summed E-state index contributed by atoms with van der Waals surface area (Å²) in [6, 6.07) is 6.83. The molecule has 0 aromatic heterocycles. The van der Waals surface area contributed by atoms with E-state index >= 15 is 0 Å². The van der Waals surface area contributed by atoms with Crippen LogP contribution in [0, 0.1) is 5.82 Å². The van der Waals surface area contributed by atoms with Crippen molar-refractivity contribution in [3.05, 3.63) is 48.3 Å². The van der Waals surface area contributed by atoms with Crippen LogP contribution in [-0.2, 0) is 25.0 Å². The highest BCUT2D eigenvalue weighted by atomic mass is 32.2. The Labute approximate surface area is 241 Å². The number of ether oxygens (including phenoxy) is 2. The summed E-state index contributed by atoms with van der Waals surface area (Å²) in [7, 11) is -8.57. The molecule has 20 heteroatoms. The smallest absolute Gasteiger partial charge is 0.427 e. The van der Waals surface area contributed by atoms with E-state index in [1.54, 1.807) is 0 Å². The highest BCUT2D eigenvalue weighted by Crippen LogP contribution is 2.39. The fraction of sp³-hybridized carbons (Fsp3) is 0.435. The van der Waals surface area contributed by atoms with Crippen molar-refractivity contribution in [3.8, 4) is 5.75 Å². The largest absolute Gasteiger partial charge is 0.485 e. The Balaban J connectivity index is 1.93. The average molecular weight is 667 g/mol. The second-order valence-electron chi connectivity index (χ2n) is 9.66. The molecule has 43 heavy (non-hydrogen) atoms. The van der Waals surface area contributed by atoms with Gasteiger partial charge in [-0.05, 0) is 56.3 Å². The van der Waals surface area contributed by atoms with Gasteiger partial charge >= 0.3 is 18.4 Å². The van der Waals surface area contributed by atoms with E-state index in [2.05, 4.69) is 4.74 Å². The minimum Gasteiger partial charge on any atom is -0.485 e. The van der Waals surface area contributed by atoms with Crippen LogP contribution in [0.2, 0.25) is 0 Å². The molecule has 1 aliphatic heterocycles. The van der Waals surface area contributed by atoms with E-state index in [0.29, 0.717) is 25.2 Å². The third-order valence-corrected chi connectivity index (χ3v) is 9.15. The van der Waals surface area contributed by atoms with Crippen LogP contribution < -0.4 is 19.1 Å². The molecule has 240 valence electrons. The Kier molecular flexibility index (Phi) is 9.50. The maximum absolute atomic E-state index is 13.5. The van der Waals surface area contributed by atoms with Gasteiger partial charge in [-0.15, -0.1) is 0 Å². The SMILES string of the molecule is CN(CC(F)(F)F)S(=O)(=O)NC[C@H]1CN(S(=O)(=O)c2ccc(F)cc2)c2cc(NC(=O)OC(C)(C)C(F)(F)F)ccc2O1. The van der Waals surface area contributed by atoms with Crippen LogP contribution in [0.5, 0.6) is 5.75 Å². The number of halogens is 7. The fourth-order valence-corrected chi connectivity index (χ4v) is 5.97. The van der Waals surface area contributed by atoms with Crippen LogP contribution in [0.15, 0.2) is 47.4 Å². The van der Waals surface area contributed by atoms with Crippen molar-refractivity contribution in [1.29, 1.82) is 0 Å². The summed E-state index contributed by atoms with van der Waals surface area (Å²) in [5.74, 6) is -0.970. The van der Waals surface area contributed by atoms with Crippen molar-refractivity contribution >= 4 is 37.7 Å². The third kappa shape index (κ3) is 8.39. The number of sulfonamides is 1. The van der Waals surface area contributed by atoms with Gasteiger partial charge in [-0.1, -0.05) is 0 Å². The monoisotopic (exact) mass is 666 g/mol. The number of anilines is 2. The van der Waals surface area contributed by atoms with Gasteiger partial charge in [-0.3, -0.25) is 9.62 Å². The zero-order valence-electron chi connectivity index (χ0n) is 22.5. The van der Waals surface area contributed by atoms with Crippen molar-refractivity contribution < 1.29 is 61.8 Å². The van der Waals surface area contributed by atoms with Gasteiger partial charge in [0.2, 0.25) is 5.60 Å². The van der Waals surface area contributed by atoms with Crippen molar-refractivity contribution in [1.82, 2.24) is 9.03 Å².